The van der Waals surface area contributed by atoms with E-state index in [4.69, 9.17) is 23.7 Å². The van der Waals surface area contributed by atoms with Gasteiger partial charge in [-0.3, -0.25) is 4.79 Å². The van der Waals surface area contributed by atoms with Crippen LogP contribution in [0.15, 0.2) is 35.5 Å². The lowest BCUT2D eigenvalue weighted by atomic mass is 9.83. The zero-order valence-corrected chi connectivity index (χ0v) is 19.5. The van der Waals surface area contributed by atoms with Crippen LogP contribution in [0, 0.1) is 5.92 Å². The number of hydrogen-bond acceptors (Lipinski definition) is 11. The fraction of sp³-hybridized carbons (Fsp3) is 0.565. The molecule has 0 aromatic rings. The van der Waals surface area contributed by atoms with Crippen molar-refractivity contribution in [1.82, 2.24) is 0 Å². The monoisotopic (exact) mass is 480 g/mol. The molecule has 2 saturated heterocycles. The number of carbonyl (C=O) groups is 4. The van der Waals surface area contributed by atoms with Crippen molar-refractivity contribution >= 4 is 23.9 Å². The molecule has 0 aromatic heterocycles. The summed E-state index contributed by atoms with van der Waals surface area (Å²) in [5.41, 5.74) is -2.00. The summed E-state index contributed by atoms with van der Waals surface area (Å²) in [5, 5.41) is 21.9. The summed E-state index contributed by atoms with van der Waals surface area (Å²) in [6.07, 6.45) is -3.69. The van der Waals surface area contributed by atoms with Gasteiger partial charge in [-0.05, 0) is 38.5 Å². The molecule has 2 N–H and O–H groups in total. The maximum atomic E-state index is 13.0. The number of aliphatic hydroxyl groups is 2. The van der Waals surface area contributed by atoms with Crippen molar-refractivity contribution in [2.24, 2.45) is 5.92 Å². The first kappa shape index (κ1) is 25.6. The quantitative estimate of drug-likeness (QED) is 0.178. The number of esters is 4. The Morgan fingerprint density at radius 1 is 1.24 bits per heavy atom. The molecule has 0 amide bonds. The summed E-state index contributed by atoms with van der Waals surface area (Å²) in [4.78, 5) is 49.2. The van der Waals surface area contributed by atoms with Crippen molar-refractivity contribution < 1.29 is 53.1 Å². The topological polar surface area (TPSA) is 158 Å². The van der Waals surface area contributed by atoms with E-state index in [1.165, 1.54) is 13.0 Å². The minimum Gasteiger partial charge on any atom is -0.466 e. The lowest BCUT2D eigenvalue weighted by molar-refractivity contribution is -0.193. The van der Waals surface area contributed by atoms with Crippen LogP contribution in [0.1, 0.15) is 27.7 Å². The van der Waals surface area contributed by atoms with Gasteiger partial charge in [-0.25, -0.2) is 14.4 Å². The standard InChI is InChI=1S/C23H28O11/c1-9-7-14-16(10(2)20(26)33-14)19(34-22(28)23(5,29)11(3)31-12(4)24)17(25)13(21(27)30-6)8-15-18(9)32-15/h7-8,11,14-19,25,29H,2H2,1,3-6H3. The Bertz CT molecular complexity index is 975. The largest absolute Gasteiger partial charge is 0.466 e. The summed E-state index contributed by atoms with van der Waals surface area (Å²) < 4.78 is 26.1. The molecule has 1 aliphatic carbocycles. The van der Waals surface area contributed by atoms with E-state index in [0.717, 1.165) is 21.0 Å². The molecule has 2 aliphatic heterocycles. The molecule has 0 bridgehead atoms. The highest BCUT2D eigenvalue weighted by Crippen LogP contribution is 2.40. The molecule has 186 valence electrons. The predicted molar refractivity (Wildman–Crippen MR) is 113 cm³/mol. The number of ether oxygens (including phenoxy) is 5. The highest BCUT2D eigenvalue weighted by molar-refractivity contribution is 5.92. The van der Waals surface area contributed by atoms with Crippen molar-refractivity contribution in [3.63, 3.8) is 0 Å². The van der Waals surface area contributed by atoms with Gasteiger partial charge in [0.2, 0.25) is 0 Å². The van der Waals surface area contributed by atoms with E-state index in [-0.39, 0.29) is 11.1 Å². The van der Waals surface area contributed by atoms with Crippen molar-refractivity contribution in [2.75, 3.05) is 7.11 Å². The molecule has 0 aromatic carbocycles. The molecule has 3 rings (SSSR count). The maximum Gasteiger partial charge on any atom is 0.342 e. The Balaban J connectivity index is 2.05. The second kappa shape index (κ2) is 9.32. The number of methoxy groups -OCH3 is 1. The van der Waals surface area contributed by atoms with E-state index in [2.05, 4.69) is 6.58 Å². The minimum atomic E-state index is -2.33. The highest BCUT2D eigenvalue weighted by atomic mass is 16.6. The summed E-state index contributed by atoms with van der Waals surface area (Å²) in [6.45, 7) is 8.92. The van der Waals surface area contributed by atoms with E-state index in [1.54, 1.807) is 13.0 Å². The molecular formula is C23H28O11. The number of epoxide rings is 1. The molecule has 3 aliphatic rings. The van der Waals surface area contributed by atoms with Crippen LogP contribution in [0.3, 0.4) is 0 Å². The van der Waals surface area contributed by atoms with Crippen LogP contribution in [0.5, 0.6) is 0 Å². The number of aliphatic hydroxyl groups excluding tert-OH is 1. The molecule has 0 spiro atoms. The van der Waals surface area contributed by atoms with E-state index < -0.39 is 72.0 Å². The van der Waals surface area contributed by atoms with Crippen molar-refractivity contribution in [3.8, 4) is 0 Å². The SMILES string of the molecule is C=C1C(=O)OC2C=C(C)C3OC3C=C(C(=O)OC)C(O)C(OC(=O)C(C)(O)C(C)OC(C)=O)C12. The van der Waals surface area contributed by atoms with Crippen LogP contribution in [-0.4, -0.2) is 83.4 Å². The predicted octanol–water partition coefficient (Wildman–Crippen LogP) is -0.114. The molecule has 11 nitrogen and oxygen atoms in total. The van der Waals surface area contributed by atoms with Crippen LogP contribution in [0.25, 0.3) is 0 Å². The Morgan fingerprint density at radius 3 is 2.47 bits per heavy atom. The lowest BCUT2D eigenvalue weighted by Gasteiger charge is -2.34. The average molecular weight is 480 g/mol. The van der Waals surface area contributed by atoms with Crippen LogP contribution >= 0.6 is 0 Å². The van der Waals surface area contributed by atoms with Crippen molar-refractivity contribution in [1.29, 1.82) is 0 Å². The maximum absolute atomic E-state index is 13.0. The first-order valence-corrected chi connectivity index (χ1v) is 10.6. The third kappa shape index (κ3) is 4.77. The van der Waals surface area contributed by atoms with Crippen molar-refractivity contribution in [3.05, 3.63) is 35.5 Å². The Labute approximate surface area is 195 Å². The van der Waals surface area contributed by atoms with E-state index in [9.17, 15) is 29.4 Å². The molecule has 0 saturated carbocycles. The molecule has 2 fully saturated rings. The first-order valence-electron chi connectivity index (χ1n) is 10.6. The third-order valence-electron chi connectivity index (χ3n) is 6.20. The van der Waals surface area contributed by atoms with Gasteiger partial charge in [-0.2, -0.15) is 0 Å². The van der Waals surface area contributed by atoms with E-state index in [1.807, 2.05) is 0 Å². The normalized spacial score (nSPS) is 33.0. The summed E-state index contributed by atoms with van der Waals surface area (Å²) in [6, 6.07) is 0. The molecule has 8 unspecified atom stereocenters. The first-order chi connectivity index (χ1) is 15.8. The molecular weight excluding hydrogens is 452 g/mol. The summed E-state index contributed by atoms with van der Waals surface area (Å²) >= 11 is 0. The van der Waals surface area contributed by atoms with Gasteiger partial charge in [0, 0.05) is 12.5 Å². The van der Waals surface area contributed by atoms with Gasteiger partial charge in [-0.15, -0.1) is 0 Å². The molecule has 2 heterocycles. The van der Waals surface area contributed by atoms with Gasteiger partial charge in [0.25, 0.3) is 0 Å². The lowest BCUT2D eigenvalue weighted by Crippen LogP contribution is -2.52. The summed E-state index contributed by atoms with van der Waals surface area (Å²) in [7, 11) is 1.11. The highest BCUT2D eigenvalue weighted by Gasteiger charge is 2.53. The van der Waals surface area contributed by atoms with Gasteiger partial charge in [0.15, 0.2) is 5.60 Å². The number of hydrogen-bond donors (Lipinski definition) is 2. The Kier molecular flexibility index (Phi) is 7.02. The molecule has 0 radical (unpaired) electrons. The molecule has 11 heteroatoms. The fourth-order valence-electron chi connectivity index (χ4n) is 3.97. The smallest absolute Gasteiger partial charge is 0.342 e. The van der Waals surface area contributed by atoms with Crippen LogP contribution in [0.4, 0.5) is 0 Å². The number of rotatable bonds is 5. The number of fused-ring (bicyclic) bond motifs is 2. The molecule has 8 atom stereocenters. The Hall–Kier alpha value is -3.02. The molecule has 34 heavy (non-hydrogen) atoms. The second-order valence-corrected chi connectivity index (χ2v) is 8.68. The van der Waals surface area contributed by atoms with Gasteiger partial charge in [0.1, 0.15) is 36.6 Å². The average Bonchev–Trinajstić information content (AvgIpc) is 3.48. The minimum absolute atomic E-state index is 0.100. The fourth-order valence-corrected chi connectivity index (χ4v) is 3.97. The van der Waals surface area contributed by atoms with Crippen LogP contribution in [0.2, 0.25) is 0 Å². The second-order valence-electron chi connectivity index (χ2n) is 8.68. The van der Waals surface area contributed by atoms with Gasteiger partial charge in [0.05, 0.1) is 18.6 Å². The van der Waals surface area contributed by atoms with Crippen LogP contribution in [-0.2, 0) is 42.9 Å². The van der Waals surface area contributed by atoms with Crippen molar-refractivity contribution in [2.45, 2.75) is 69.9 Å². The Morgan fingerprint density at radius 2 is 1.88 bits per heavy atom. The number of carbonyl (C=O) groups excluding carboxylic acids is 4. The van der Waals surface area contributed by atoms with E-state index in [0.29, 0.717) is 5.57 Å². The third-order valence-corrected chi connectivity index (χ3v) is 6.20. The van der Waals surface area contributed by atoms with Gasteiger partial charge < -0.3 is 33.9 Å². The van der Waals surface area contributed by atoms with Crippen LogP contribution < -0.4 is 0 Å². The van der Waals surface area contributed by atoms with E-state index >= 15 is 0 Å². The summed E-state index contributed by atoms with van der Waals surface area (Å²) in [5.74, 6) is -4.79. The zero-order chi connectivity index (χ0) is 25.5. The zero-order valence-electron chi connectivity index (χ0n) is 19.5. The van der Waals surface area contributed by atoms with Gasteiger partial charge >= 0.3 is 23.9 Å². The van der Waals surface area contributed by atoms with Gasteiger partial charge in [-0.1, -0.05) is 6.58 Å².